The second-order valence-corrected chi connectivity index (χ2v) is 13.7. The van der Waals surface area contributed by atoms with Gasteiger partial charge in [-0.15, -0.1) is 23.2 Å². The highest BCUT2D eigenvalue weighted by atomic mass is 79.9. The number of allylic oxidation sites excluding steroid dienone is 2. The van der Waals surface area contributed by atoms with Crippen LogP contribution in [-0.4, -0.2) is 68.1 Å². The van der Waals surface area contributed by atoms with Gasteiger partial charge in [0.25, 0.3) is 11.8 Å². The van der Waals surface area contributed by atoms with Crippen molar-refractivity contribution in [3.8, 4) is 11.5 Å². The molecule has 0 aromatic heterocycles. The quantitative estimate of drug-likeness (QED) is 0.237. The molecular weight excluding hydrogens is 698 g/mol. The van der Waals surface area contributed by atoms with E-state index in [1.54, 1.807) is 6.08 Å². The molecule has 1 saturated carbocycles. The lowest BCUT2D eigenvalue weighted by atomic mass is 9.56. The van der Waals surface area contributed by atoms with Gasteiger partial charge in [-0.3, -0.25) is 28.9 Å². The number of likely N-dealkylation sites (tertiary alicyclic amines) is 1. The van der Waals surface area contributed by atoms with Gasteiger partial charge in [0, 0.05) is 18.9 Å². The molecule has 2 aromatic carbocycles. The molecule has 4 amide bonds. The Balaban J connectivity index is 1.51. The van der Waals surface area contributed by atoms with Crippen LogP contribution in [0.3, 0.4) is 0 Å². The minimum absolute atomic E-state index is 0.0418. The van der Waals surface area contributed by atoms with Gasteiger partial charge < -0.3 is 14.9 Å². The average molecular weight is 724 g/mol. The van der Waals surface area contributed by atoms with Gasteiger partial charge in [-0.1, -0.05) is 11.6 Å². The number of nitrogens with zero attached hydrogens (tertiary/aromatic N) is 2. The summed E-state index contributed by atoms with van der Waals surface area (Å²) < 4.78 is 19.4. The first-order chi connectivity index (χ1) is 21.3. The number of phenols is 1. The third-order valence-electron chi connectivity index (χ3n) is 9.36. The van der Waals surface area contributed by atoms with Gasteiger partial charge in [0.1, 0.15) is 5.82 Å². The van der Waals surface area contributed by atoms with Crippen LogP contribution in [0.15, 0.2) is 52.5 Å². The summed E-state index contributed by atoms with van der Waals surface area (Å²) in [5, 5.41) is 19.6. The number of rotatable bonds is 7. The number of ether oxygens (including phenoxy) is 1. The Kier molecular flexibility index (Phi) is 7.77. The number of carboxylic acid groups (broad SMARTS) is 1. The molecule has 2 heterocycles. The van der Waals surface area contributed by atoms with Crippen molar-refractivity contribution < 1.29 is 43.3 Å². The van der Waals surface area contributed by atoms with Gasteiger partial charge in [-0.2, -0.15) is 0 Å². The van der Waals surface area contributed by atoms with Gasteiger partial charge in [-0.25, -0.2) is 9.29 Å². The number of carbonyl (C=O) groups is 5. The normalized spacial score (nSPS) is 30.6. The monoisotopic (exact) mass is 722 g/mol. The molecule has 2 N–H and O–H groups in total. The van der Waals surface area contributed by atoms with Crippen LogP contribution in [0.25, 0.3) is 0 Å². The first-order valence-corrected chi connectivity index (χ1v) is 15.7. The smallest absolute Gasteiger partial charge is 0.303 e. The van der Waals surface area contributed by atoms with Gasteiger partial charge in [0.2, 0.25) is 11.8 Å². The predicted molar refractivity (Wildman–Crippen MR) is 163 cm³/mol. The number of carbonyl (C=O) groups excluding carboxylic acids is 4. The highest BCUT2D eigenvalue weighted by Gasteiger charge is 2.76. The predicted octanol–water partition coefficient (Wildman–Crippen LogP) is 4.73. The maximum Gasteiger partial charge on any atom is 0.303 e. The second kappa shape index (κ2) is 11.1. The summed E-state index contributed by atoms with van der Waals surface area (Å²) in [6, 6.07) is 7.70. The van der Waals surface area contributed by atoms with Crippen LogP contribution >= 0.6 is 39.1 Å². The van der Waals surface area contributed by atoms with E-state index in [0.717, 1.165) is 21.9 Å². The third-order valence-corrected chi connectivity index (χ3v) is 11.4. The Morgan fingerprint density at radius 1 is 1.09 bits per heavy atom. The largest absolute Gasteiger partial charge is 0.503 e. The van der Waals surface area contributed by atoms with E-state index in [-0.39, 0.29) is 53.9 Å². The number of alkyl halides is 2. The summed E-state index contributed by atoms with van der Waals surface area (Å²) in [6.45, 7) is -0.0776. The first-order valence-electron chi connectivity index (χ1n) is 14.1. The number of carboxylic acids is 1. The Labute approximate surface area is 274 Å². The zero-order valence-electron chi connectivity index (χ0n) is 23.6. The Morgan fingerprint density at radius 2 is 1.78 bits per heavy atom. The summed E-state index contributed by atoms with van der Waals surface area (Å²) in [4.78, 5) is 64.6. The van der Waals surface area contributed by atoms with E-state index in [1.165, 1.54) is 31.4 Å². The first kappa shape index (κ1) is 31.5. The SMILES string of the molecule is COc1cc(C2C3=CCC4C(=O)N(CCCC(=O)O)C(=O)C4C3CC3(Cl)C(=O)N(c4ccc(F)cc4)C(=O)C23Cl)cc(Br)c1O. The fourth-order valence-corrected chi connectivity index (χ4v) is 8.76. The van der Waals surface area contributed by atoms with E-state index in [2.05, 4.69) is 15.9 Å². The number of hydrogen-bond donors (Lipinski definition) is 2. The lowest BCUT2D eigenvalue weighted by Crippen LogP contribution is -2.60. The molecule has 2 aromatic rings. The number of phenolic OH excluding ortho intramolecular Hbond substituents is 1. The maximum atomic E-state index is 14.4. The molecule has 2 aliphatic heterocycles. The third kappa shape index (κ3) is 4.51. The molecule has 6 rings (SSSR count). The van der Waals surface area contributed by atoms with Crippen LogP contribution in [0.2, 0.25) is 0 Å². The standard InChI is InChI=1S/C31H26BrCl2FN2O8/c1-45-21-12-14(11-20(32)25(21)40)24-17-8-9-18-23(27(42)36(26(18)41)10-2-3-22(38)39)19(17)13-30(33)28(43)37(29(44)31(24,30)34)16-6-4-15(35)5-7-16/h4-8,11-12,18-19,23-24,40H,2-3,9-10,13H2,1H3,(H,38,39). The minimum Gasteiger partial charge on any atom is -0.503 e. The average Bonchev–Trinajstić information content (AvgIpc) is 3.32. The summed E-state index contributed by atoms with van der Waals surface area (Å²) in [6.07, 6.45) is 1.48. The molecule has 45 heavy (non-hydrogen) atoms. The van der Waals surface area contributed by atoms with Crippen LogP contribution in [0.1, 0.15) is 37.2 Å². The zero-order chi connectivity index (χ0) is 32.6. The van der Waals surface area contributed by atoms with Crippen molar-refractivity contribution in [1.29, 1.82) is 0 Å². The molecule has 0 radical (unpaired) electrons. The van der Waals surface area contributed by atoms with E-state index in [4.69, 9.17) is 33.0 Å². The summed E-state index contributed by atoms with van der Waals surface area (Å²) >= 11 is 18.0. The summed E-state index contributed by atoms with van der Waals surface area (Å²) in [5.74, 6) is -8.13. The molecule has 3 fully saturated rings. The molecule has 0 bridgehead atoms. The van der Waals surface area contributed by atoms with Crippen molar-refractivity contribution in [3.05, 3.63) is 63.9 Å². The lowest BCUT2D eigenvalue weighted by molar-refractivity contribution is -0.142. The number of halogens is 4. The number of amides is 4. The number of fused-ring (bicyclic) bond motifs is 4. The van der Waals surface area contributed by atoms with Crippen molar-refractivity contribution in [2.75, 3.05) is 18.6 Å². The lowest BCUT2D eigenvalue weighted by Gasteiger charge is -2.50. The zero-order valence-corrected chi connectivity index (χ0v) is 26.7. The van der Waals surface area contributed by atoms with Crippen molar-refractivity contribution in [3.63, 3.8) is 0 Å². The van der Waals surface area contributed by atoms with Gasteiger partial charge >= 0.3 is 5.97 Å². The number of anilines is 1. The Bertz CT molecular complexity index is 1700. The summed E-state index contributed by atoms with van der Waals surface area (Å²) in [5.41, 5.74) is 0.927. The fraction of sp³-hybridized carbons (Fsp3) is 0.387. The number of benzene rings is 2. The fourth-order valence-electron chi connectivity index (χ4n) is 7.36. The van der Waals surface area contributed by atoms with Crippen molar-refractivity contribution >= 4 is 74.4 Å². The Morgan fingerprint density at radius 3 is 2.42 bits per heavy atom. The van der Waals surface area contributed by atoms with E-state index in [9.17, 15) is 33.5 Å². The van der Waals surface area contributed by atoms with Crippen molar-refractivity contribution in [2.45, 2.75) is 41.3 Å². The van der Waals surface area contributed by atoms with Crippen LogP contribution in [0.5, 0.6) is 11.5 Å². The number of imide groups is 2. The molecule has 2 saturated heterocycles. The molecule has 236 valence electrons. The maximum absolute atomic E-state index is 14.4. The number of aliphatic carboxylic acids is 1. The minimum atomic E-state index is -2.15. The van der Waals surface area contributed by atoms with E-state index >= 15 is 0 Å². The van der Waals surface area contributed by atoms with Crippen molar-refractivity contribution in [2.24, 2.45) is 17.8 Å². The topological polar surface area (TPSA) is 142 Å². The van der Waals surface area contributed by atoms with Crippen LogP contribution < -0.4 is 9.64 Å². The van der Waals surface area contributed by atoms with E-state index in [0.29, 0.717) is 11.1 Å². The van der Waals surface area contributed by atoms with Gasteiger partial charge in [0.05, 0.1) is 29.1 Å². The van der Waals surface area contributed by atoms with Gasteiger partial charge in [0.15, 0.2) is 21.2 Å². The number of methoxy groups -OCH3 is 1. The van der Waals surface area contributed by atoms with Crippen molar-refractivity contribution in [1.82, 2.24) is 4.90 Å². The molecular formula is C31H26BrCl2FN2O8. The van der Waals surface area contributed by atoms with Crippen LogP contribution in [0, 0.1) is 23.6 Å². The number of hydrogen-bond acceptors (Lipinski definition) is 7. The molecule has 0 spiro atoms. The van der Waals surface area contributed by atoms with E-state index < -0.39 is 68.8 Å². The van der Waals surface area contributed by atoms with Gasteiger partial charge in [-0.05, 0) is 83.1 Å². The van der Waals surface area contributed by atoms with Crippen LogP contribution in [-0.2, 0) is 24.0 Å². The number of aromatic hydroxyl groups is 1. The second-order valence-electron chi connectivity index (χ2n) is 11.6. The highest BCUT2D eigenvalue weighted by molar-refractivity contribution is 9.10. The highest BCUT2D eigenvalue weighted by Crippen LogP contribution is 2.66. The molecule has 2 aliphatic carbocycles. The molecule has 6 atom stereocenters. The summed E-state index contributed by atoms with van der Waals surface area (Å²) in [7, 11) is 1.34. The molecule has 4 aliphatic rings. The molecule has 10 nitrogen and oxygen atoms in total. The Hall–Kier alpha value is -3.48. The molecule has 6 unspecified atom stereocenters. The van der Waals surface area contributed by atoms with E-state index in [1.807, 2.05) is 0 Å². The molecule has 14 heteroatoms. The van der Waals surface area contributed by atoms with Crippen LogP contribution in [0.4, 0.5) is 10.1 Å².